The van der Waals surface area contributed by atoms with Gasteiger partial charge in [-0.1, -0.05) is 12.1 Å². The van der Waals surface area contributed by atoms with Gasteiger partial charge in [-0.15, -0.1) is 0 Å². The third kappa shape index (κ3) is 2.58. The first-order valence-corrected chi connectivity index (χ1v) is 6.38. The van der Waals surface area contributed by atoms with E-state index in [1.165, 1.54) is 32.4 Å². The number of carboxylic acids is 1. The number of carbonyl (C=O) groups is 2. The summed E-state index contributed by atoms with van der Waals surface area (Å²) >= 11 is 0. The standard InChI is InChI=1S/C16H15NO5/c1-21-11-7-4-8-12(22-2)13(11)15(18)9-5-3-6-10(14(9)17)16(19)20/h3-8H,17H2,1-2H3,(H,19,20). The number of aromatic carboxylic acids is 1. The Balaban J connectivity index is 2.63. The highest BCUT2D eigenvalue weighted by molar-refractivity contribution is 6.17. The predicted octanol–water partition coefficient (Wildman–Crippen LogP) is 2.22. The van der Waals surface area contributed by atoms with Gasteiger partial charge in [0.25, 0.3) is 0 Å². The number of hydrogen-bond acceptors (Lipinski definition) is 5. The minimum absolute atomic E-state index is 0.0858. The summed E-state index contributed by atoms with van der Waals surface area (Å²) < 4.78 is 10.4. The van der Waals surface area contributed by atoms with E-state index in [-0.39, 0.29) is 22.4 Å². The number of anilines is 1. The molecule has 3 N–H and O–H groups in total. The Morgan fingerprint density at radius 3 is 1.95 bits per heavy atom. The molecule has 0 fully saturated rings. The number of nitrogens with two attached hydrogens (primary N) is 1. The molecule has 0 heterocycles. The van der Waals surface area contributed by atoms with Gasteiger partial charge in [0.2, 0.25) is 5.78 Å². The van der Waals surface area contributed by atoms with Crippen LogP contribution in [-0.2, 0) is 0 Å². The minimum Gasteiger partial charge on any atom is -0.496 e. The summed E-state index contributed by atoms with van der Waals surface area (Å²) in [6.45, 7) is 0. The van der Waals surface area contributed by atoms with E-state index in [0.29, 0.717) is 11.5 Å². The van der Waals surface area contributed by atoms with Gasteiger partial charge >= 0.3 is 5.97 Å². The maximum atomic E-state index is 12.8. The molecule has 0 spiro atoms. The molecule has 0 aliphatic carbocycles. The normalized spacial score (nSPS) is 10.1. The van der Waals surface area contributed by atoms with Crippen molar-refractivity contribution >= 4 is 17.4 Å². The summed E-state index contributed by atoms with van der Waals surface area (Å²) in [5.41, 5.74) is 5.89. The van der Waals surface area contributed by atoms with Crippen LogP contribution in [0, 0.1) is 0 Å². The molecule has 114 valence electrons. The molecule has 0 aromatic heterocycles. The highest BCUT2D eigenvalue weighted by Gasteiger charge is 2.23. The molecule has 0 aliphatic heterocycles. The molecular formula is C16H15NO5. The summed E-state index contributed by atoms with van der Waals surface area (Å²) in [6.07, 6.45) is 0. The second-order valence-corrected chi connectivity index (χ2v) is 4.44. The van der Waals surface area contributed by atoms with Crippen LogP contribution < -0.4 is 15.2 Å². The molecule has 0 saturated carbocycles. The van der Waals surface area contributed by atoms with Crippen molar-refractivity contribution < 1.29 is 24.2 Å². The second-order valence-electron chi connectivity index (χ2n) is 4.44. The zero-order chi connectivity index (χ0) is 16.3. The number of ketones is 1. The van der Waals surface area contributed by atoms with Crippen LogP contribution in [-0.4, -0.2) is 31.1 Å². The first-order chi connectivity index (χ1) is 10.5. The molecule has 6 heteroatoms. The number of hydrogen-bond donors (Lipinski definition) is 2. The van der Waals surface area contributed by atoms with Gasteiger partial charge < -0.3 is 20.3 Å². The van der Waals surface area contributed by atoms with Crippen LogP contribution in [0.3, 0.4) is 0 Å². The van der Waals surface area contributed by atoms with Crippen molar-refractivity contribution in [3.05, 3.63) is 53.1 Å². The molecule has 2 aromatic rings. The Hall–Kier alpha value is -3.02. The minimum atomic E-state index is -1.20. The monoisotopic (exact) mass is 301 g/mol. The Kier molecular flexibility index (Phi) is 4.31. The third-order valence-corrected chi connectivity index (χ3v) is 3.24. The number of para-hydroxylation sites is 1. The lowest BCUT2D eigenvalue weighted by Gasteiger charge is -2.13. The summed E-state index contributed by atoms with van der Waals surface area (Å²) in [6, 6.07) is 9.20. The fraction of sp³-hybridized carbons (Fsp3) is 0.125. The van der Waals surface area contributed by atoms with E-state index in [2.05, 4.69) is 0 Å². The summed E-state index contributed by atoms with van der Waals surface area (Å²) in [7, 11) is 2.87. The highest BCUT2D eigenvalue weighted by Crippen LogP contribution is 2.32. The Labute approximate surface area is 127 Å². The molecule has 6 nitrogen and oxygen atoms in total. The number of ether oxygens (including phenoxy) is 2. The molecule has 0 unspecified atom stereocenters. The Morgan fingerprint density at radius 1 is 0.955 bits per heavy atom. The predicted molar refractivity (Wildman–Crippen MR) is 80.8 cm³/mol. The van der Waals surface area contributed by atoms with Gasteiger partial charge in [0.1, 0.15) is 17.1 Å². The van der Waals surface area contributed by atoms with E-state index in [9.17, 15) is 9.59 Å². The lowest BCUT2D eigenvalue weighted by Crippen LogP contribution is -2.12. The zero-order valence-electron chi connectivity index (χ0n) is 12.1. The second kappa shape index (κ2) is 6.17. The lowest BCUT2D eigenvalue weighted by molar-refractivity contribution is 0.0698. The molecule has 0 saturated heterocycles. The topological polar surface area (TPSA) is 98.8 Å². The number of rotatable bonds is 5. The van der Waals surface area contributed by atoms with E-state index in [0.717, 1.165) is 0 Å². The maximum Gasteiger partial charge on any atom is 0.337 e. The molecule has 2 rings (SSSR count). The van der Waals surface area contributed by atoms with Crippen molar-refractivity contribution in [3.63, 3.8) is 0 Å². The van der Waals surface area contributed by atoms with Crippen LogP contribution in [0.15, 0.2) is 36.4 Å². The van der Waals surface area contributed by atoms with Gasteiger partial charge in [-0.25, -0.2) is 4.79 Å². The van der Waals surface area contributed by atoms with Gasteiger partial charge in [-0.3, -0.25) is 4.79 Å². The van der Waals surface area contributed by atoms with Gasteiger partial charge in [-0.05, 0) is 24.3 Å². The Morgan fingerprint density at radius 2 is 1.45 bits per heavy atom. The SMILES string of the molecule is COc1cccc(OC)c1C(=O)c1cccc(C(=O)O)c1N. The summed E-state index contributed by atoms with van der Waals surface area (Å²) in [5, 5.41) is 9.10. The van der Waals surface area contributed by atoms with Crippen LogP contribution >= 0.6 is 0 Å². The number of nitrogen functional groups attached to an aromatic ring is 1. The average molecular weight is 301 g/mol. The van der Waals surface area contributed by atoms with Crippen molar-refractivity contribution in [1.82, 2.24) is 0 Å². The number of benzene rings is 2. The van der Waals surface area contributed by atoms with Gasteiger partial charge in [-0.2, -0.15) is 0 Å². The molecule has 0 aliphatic rings. The highest BCUT2D eigenvalue weighted by atomic mass is 16.5. The molecular weight excluding hydrogens is 286 g/mol. The zero-order valence-corrected chi connectivity index (χ0v) is 12.1. The molecule has 0 bridgehead atoms. The van der Waals surface area contributed by atoms with Gasteiger partial charge in [0.05, 0.1) is 25.5 Å². The average Bonchev–Trinajstić information content (AvgIpc) is 2.53. The molecule has 0 radical (unpaired) electrons. The van der Waals surface area contributed by atoms with Crippen molar-refractivity contribution in [3.8, 4) is 11.5 Å². The largest absolute Gasteiger partial charge is 0.496 e. The molecule has 0 amide bonds. The number of carboxylic acid groups (broad SMARTS) is 1. The van der Waals surface area contributed by atoms with E-state index in [4.69, 9.17) is 20.3 Å². The fourth-order valence-electron chi connectivity index (χ4n) is 2.16. The van der Waals surface area contributed by atoms with E-state index in [1.807, 2.05) is 0 Å². The van der Waals surface area contributed by atoms with E-state index >= 15 is 0 Å². The molecule has 0 atom stereocenters. The third-order valence-electron chi connectivity index (χ3n) is 3.24. The van der Waals surface area contributed by atoms with Gasteiger partial charge in [0.15, 0.2) is 0 Å². The quantitative estimate of drug-likeness (QED) is 0.649. The van der Waals surface area contributed by atoms with Crippen LogP contribution in [0.1, 0.15) is 26.3 Å². The van der Waals surface area contributed by atoms with Crippen molar-refractivity contribution in [2.24, 2.45) is 0 Å². The van der Waals surface area contributed by atoms with Crippen molar-refractivity contribution in [2.45, 2.75) is 0 Å². The smallest absolute Gasteiger partial charge is 0.337 e. The molecule has 2 aromatic carbocycles. The van der Waals surface area contributed by atoms with E-state index < -0.39 is 11.8 Å². The van der Waals surface area contributed by atoms with Crippen molar-refractivity contribution in [2.75, 3.05) is 20.0 Å². The summed E-state index contributed by atoms with van der Waals surface area (Å²) in [5.74, 6) is -1.01. The van der Waals surface area contributed by atoms with Crippen LogP contribution in [0.2, 0.25) is 0 Å². The number of carbonyl (C=O) groups excluding carboxylic acids is 1. The summed E-state index contributed by atoms with van der Waals surface area (Å²) in [4.78, 5) is 23.9. The van der Waals surface area contributed by atoms with Crippen LogP contribution in [0.25, 0.3) is 0 Å². The van der Waals surface area contributed by atoms with Crippen LogP contribution in [0.4, 0.5) is 5.69 Å². The first-order valence-electron chi connectivity index (χ1n) is 6.38. The Bertz CT molecular complexity index is 717. The van der Waals surface area contributed by atoms with E-state index in [1.54, 1.807) is 18.2 Å². The first kappa shape index (κ1) is 15.4. The van der Waals surface area contributed by atoms with Gasteiger partial charge in [0, 0.05) is 5.56 Å². The van der Waals surface area contributed by atoms with Crippen LogP contribution in [0.5, 0.6) is 11.5 Å². The fourth-order valence-corrected chi connectivity index (χ4v) is 2.16. The lowest BCUT2D eigenvalue weighted by atomic mass is 9.97. The number of methoxy groups -OCH3 is 2. The van der Waals surface area contributed by atoms with Crippen molar-refractivity contribution in [1.29, 1.82) is 0 Å². The molecule has 22 heavy (non-hydrogen) atoms. The maximum absolute atomic E-state index is 12.8.